The van der Waals surface area contributed by atoms with Gasteiger partial charge in [0.25, 0.3) is 0 Å². The van der Waals surface area contributed by atoms with Crippen molar-refractivity contribution in [2.24, 2.45) is 0 Å². The number of unbranched alkanes of at least 4 members (excludes halogenated alkanes) is 23. The Morgan fingerprint density at radius 1 is 0.333 bits per heavy atom. The minimum atomic E-state index is -0.811. The van der Waals surface area contributed by atoms with E-state index in [1.807, 2.05) is 0 Å². The van der Waals surface area contributed by atoms with Crippen LogP contribution in [0.3, 0.4) is 0 Å². The Hall–Kier alpha value is -3.41. The van der Waals surface area contributed by atoms with Crippen LogP contribution in [0.25, 0.3) is 0 Å². The average Bonchev–Trinajstić information content (AvgIpc) is 3.28. The van der Waals surface area contributed by atoms with Gasteiger partial charge in [-0.2, -0.15) is 0 Å². The molecule has 6 nitrogen and oxygen atoms in total. The summed E-state index contributed by atoms with van der Waals surface area (Å²) in [6.07, 6.45) is 65.7. The fourth-order valence-corrected chi connectivity index (χ4v) is 6.96. The van der Waals surface area contributed by atoms with Crippen LogP contribution in [0, 0.1) is 0 Å². The smallest absolute Gasteiger partial charge is 0.306 e. The summed E-state index contributed by atoms with van der Waals surface area (Å²) in [5.41, 5.74) is 0. The van der Waals surface area contributed by atoms with Gasteiger partial charge in [-0.25, -0.2) is 0 Å². The molecule has 0 aliphatic carbocycles. The van der Waals surface area contributed by atoms with Gasteiger partial charge in [0.1, 0.15) is 13.2 Å². The fourth-order valence-electron chi connectivity index (χ4n) is 6.96. The maximum absolute atomic E-state index is 12.8. The van der Waals surface area contributed by atoms with Gasteiger partial charge in [0, 0.05) is 19.3 Å². The Morgan fingerprint density at radius 2 is 0.651 bits per heavy atom. The van der Waals surface area contributed by atoms with Crippen LogP contribution in [0.1, 0.15) is 239 Å². The third kappa shape index (κ3) is 49.5. The molecule has 6 heteroatoms. The first-order chi connectivity index (χ1) is 31.0. The Balaban J connectivity index is 4.49. The van der Waals surface area contributed by atoms with Gasteiger partial charge in [-0.1, -0.05) is 221 Å². The van der Waals surface area contributed by atoms with Crippen LogP contribution >= 0.6 is 0 Å². The summed E-state index contributed by atoms with van der Waals surface area (Å²) >= 11 is 0. The molecule has 0 aromatic heterocycles. The van der Waals surface area contributed by atoms with Gasteiger partial charge in [-0.15, -0.1) is 0 Å². The second kappa shape index (κ2) is 51.2. The minimum absolute atomic E-state index is 0.104. The second-order valence-electron chi connectivity index (χ2n) is 17.1. The van der Waals surface area contributed by atoms with E-state index in [0.717, 1.165) is 89.9 Å². The summed E-state index contributed by atoms with van der Waals surface area (Å²) in [5.74, 6) is -0.984. The average molecular weight is 877 g/mol. The van der Waals surface area contributed by atoms with Crippen LogP contribution in [-0.2, 0) is 28.6 Å². The van der Waals surface area contributed by atoms with Crippen LogP contribution in [-0.4, -0.2) is 37.2 Å². The number of rotatable bonds is 46. The molecular formula is C57H96O6. The lowest BCUT2D eigenvalue weighted by Gasteiger charge is -2.18. The van der Waals surface area contributed by atoms with E-state index in [9.17, 15) is 14.4 Å². The summed E-state index contributed by atoms with van der Waals surface area (Å²) in [5, 5.41) is 0. The summed E-state index contributed by atoms with van der Waals surface area (Å²) in [6.45, 7) is 6.51. The van der Waals surface area contributed by atoms with Crippen molar-refractivity contribution in [2.45, 2.75) is 245 Å². The molecule has 0 amide bonds. The zero-order chi connectivity index (χ0) is 45.8. The van der Waals surface area contributed by atoms with E-state index in [0.29, 0.717) is 19.3 Å². The van der Waals surface area contributed by atoms with Crippen molar-refractivity contribution in [2.75, 3.05) is 13.2 Å². The Morgan fingerprint density at radius 3 is 1.10 bits per heavy atom. The van der Waals surface area contributed by atoms with Crippen molar-refractivity contribution in [3.05, 3.63) is 85.1 Å². The van der Waals surface area contributed by atoms with E-state index in [1.165, 1.54) is 103 Å². The Bertz CT molecular complexity index is 1240. The predicted octanol–water partition coefficient (Wildman–Crippen LogP) is 17.2. The maximum atomic E-state index is 12.8. The molecule has 0 bridgehead atoms. The molecule has 0 rings (SSSR count). The molecule has 0 aromatic carbocycles. The first-order valence-electron chi connectivity index (χ1n) is 26.1. The van der Waals surface area contributed by atoms with Crippen LogP contribution in [0.15, 0.2) is 85.1 Å². The number of allylic oxidation sites excluding steroid dienone is 14. The highest BCUT2D eigenvalue weighted by Gasteiger charge is 2.19. The van der Waals surface area contributed by atoms with Crippen molar-refractivity contribution < 1.29 is 28.6 Å². The topological polar surface area (TPSA) is 78.9 Å². The zero-order valence-electron chi connectivity index (χ0n) is 41.1. The zero-order valence-corrected chi connectivity index (χ0v) is 41.1. The maximum Gasteiger partial charge on any atom is 0.306 e. The molecule has 0 saturated heterocycles. The van der Waals surface area contributed by atoms with Crippen molar-refractivity contribution in [1.82, 2.24) is 0 Å². The Kier molecular flexibility index (Phi) is 48.5. The number of hydrogen-bond acceptors (Lipinski definition) is 6. The third-order valence-corrected chi connectivity index (χ3v) is 10.9. The van der Waals surface area contributed by atoms with Gasteiger partial charge >= 0.3 is 17.9 Å². The number of carbonyl (C=O) groups is 3. The number of hydrogen-bond donors (Lipinski definition) is 0. The predicted molar refractivity (Wildman–Crippen MR) is 270 cm³/mol. The van der Waals surface area contributed by atoms with Gasteiger partial charge in [0.05, 0.1) is 0 Å². The molecule has 0 N–H and O–H groups in total. The van der Waals surface area contributed by atoms with Crippen molar-refractivity contribution >= 4 is 17.9 Å². The van der Waals surface area contributed by atoms with E-state index < -0.39 is 6.10 Å². The molecule has 0 radical (unpaired) electrons. The third-order valence-electron chi connectivity index (χ3n) is 10.9. The molecule has 0 aromatic rings. The first kappa shape index (κ1) is 59.6. The number of ether oxygens (including phenoxy) is 3. The molecule has 0 fully saturated rings. The molecule has 360 valence electrons. The van der Waals surface area contributed by atoms with Crippen molar-refractivity contribution in [1.29, 1.82) is 0 Å². The van der Waals surface area contributed by atoms with Crippen LogP contribution in [0.2, 0.25) is 0 Å². The molecule has 0 saturated carbocycles. The SMILES string of the molecule is CCCCC/C=C\C/C=C\C/C=C\C/C=C\CCCC(=O)OC(COC(=O)CCCCCCC\C=C/C=C\C=C/CCCCCCC)COC(=O)CCCCCCCCCCCC. The lowest BCUT2D eigenvalue weighted by molar-refractivity contribution is -0.167. The molecule has 0 heterocycles. The lowest BCUT2D eigenvalue weighted by atomic mass is 10.1. The van der Waals surface area contributed by atoms with Gasteiger partial charge in [-0.05, 0) is 83.5 Å². The largest absolute Gasteiger partial charge is 0.462 e. The van der Waals surface area contributed by atoms with E-state index in [1.54, 1.807) is 0 Å². The van der Waals surface area contributed by atoms with Gasteiger partial charge in [-0.3, -0.25) is 14.4 Å². The normalized spacial score (nSPS) is 12.7. The highest BCUT2D eigenvalue weighted by atomic mass is 16.6. The molecule has 1 unspecified atom stereocenters. The van der Waals surface area contributed by atoms with Crippen LogP contribution in [0.5, 0.6) is 0 Å². The first-order valence-corrected chi connectivity index (χ1v) is 26.1. The van der Waals surface area contributed by atoms with E-state index >= 15 is 0 Å². The minimum Gasteiger partial charge on any atom is -0.462 e. The monoisotopic (exact) mass is 877 g/mol. The van der Waals surface area contributed by atoms with E-state index in [4.69, 9.17) is 14.2 Å². The van der Waals surface area contributed by atoms with Crippen molar-refractivity contribution in [3.8, 4) is 0 Å². The van der Waals surface area contributed by atoms with Gasteiger partial charge in [0.2, 0.25) is 0 Å². The summed E-state index contributed by atoms with van der Waals surface area (Å²) in [6, 6.07) is 0. The molecule has 0 spiro atoms. The highest BCUT2D eigenvalue weighted by molar-refractivity contribution is 5.71. The Labute approximate surface area is 388 Å². The summed E-state index contributed by atoms with van der Waals surface area (Å²) in [7, 11) is 0. The van der Waals surface area contributed by atoms with Crippen LogP contribution in [0.4, 0.5) is 0 Å². The van der Waals surface area contributed by atoms with E-state index in [-0.39, 0.29) is 37.5 Å². The summed E-state index contributed by atoms with van der Waals surface area (Å²) in [4.78, 5) is 37.9. The summed E-state index contributed by atoms with van der Waals surface area (Å²) < 4.78 is 16.7. The second-order valence-corrected chi connectivity index (χ2v) is 17.1. The van der Waals surface area contributed by atoms with Gasteiger partial charge < -0.3 is 14.2 Å². The standard InChI is InChI=1S/C57H96O6/c1-4-7-10-13-16-19-22-24-26-28-30-31-33-35-38-41-44-47-50-56(59)62-53-54(52-61-55(58)49-46-43-40-37-21-18-15-12-9-6-3)63-57(60)51-48-45-42-39-36-34-32-29-27-25-23-20-17-14-11-8-5-2/h17,20,22,24-28,30-32,34,39,42,54H,4-16,18-19,21,23,29,33,35-38,40-41,43-53H2,1-3H3/b20-17-,24-22-,27-25-,28-26-,31-30-,34-32-,42-39-. The lowest BCUT2D eigenvalue weighted by Crippen LogP contribution is -2.30. The quantitative estimate of drug-likeness (QED) is 0.0199. The van der Waals surface area contributed by atoms with E-state index in [2.05, 4.69) is 106 Å². The fraction of sp³-hybridized carbons (Fsp3) is 0.702. The van der Waals surface area contributed by atoms with Crippen LogP contribution < -0.4 is 0 Å². The molecule has 63 heavy (non-hydrogen) atoms. The molecule has 0 aliphatic heterocycles. The highest BCUT2D eigenvalue weighted by Crippen LogP contribution is 2.13. The molecule has 0 aliphatic rings. The van der Waals surface area contributed by atoms with Gasteiger partial charge in [0.15, 0.2) is 6.10 Å². The molecular weight excluding hydrogens is 781 g/mol. The number of esters is 3. The molecule has 1 atom stereocenters. The van der Waals surface area contributed by atoms with Crippen molar-refractivity contribution in [3.63, 3.8) is 0 Å². The number of carbonyl (C=O) groups excluding carboxylic acids is 3.